The third kappa shape index (κ3) is 3.47. The second kappa shape index (κ2) is 6.75. The summed E-state index contributed by atoms with van der Waals surface area (Å²) in [4.78, 5) is 27.8. The van der Waals surface area contributed by atoms with Gasteiger partial charge in [0.15, 0.2) is 0 Å². The molecule has 0 radical (unpaired) electrons. The van der Waals surface area contributed by atoms with Crippen LogP contribution in [0.2, 0.25) is 0 Å². The molecule has 2 aromatic carbocycles. The van der Waals surface area contributed by atoms with E-state index in [1.54, 1.807) is 36.5 Å². The Morgan fingerprint density at radius 1 is 1.00 bits per heavy atom. The van der Waals surface area contributed by atoms with Crippen LogP contribution in [0.4, 0.5) is 0 Å². The lowest BCUT2D eigenvalue weighted by atomic mass is 10.1. The summed E-state index contributed by atoms with van der Waals surface area (Å²) in [5, 5.41) is 12.7. The first kappa shape index (κ1) is 15.4. The fourth-order valence-corrected chi connectivity index (χ4v) is 2.27. The number of pyridine rings is 1. The van der Waals surface area contributed by atoms with Crippen LogP contribution in [0.3, 0.4) is 0 Å². The van der Waals surface area contributed by atoms with Crippen LogP contribution in [0.5, 0.6) is 0 Å². The zero-order chi connectivity index (χ0) is 16.9. The highest BCUT2D eigenvalue weighted by atomic mass is 16.4. The van der Waals surface area contributed by atoms with Gasteiger partial charge in [-0.1, -0.05) is 36.4 Å². The van der Waals surface area contributed by atoms with Crippen molar-refractivity contribution in [2.45, 2.75) is 0 Å². The number of rotatable bonds is 4. The second-order valence-corrected chi connectivity index (χ2v) is 5.14. The Kier molecular flexibility index (Phi) is 4.34. The largest absolute Gasteiger partial charge is 0.477 e. The fourth-order valence-electron chi connectivity index (χ4n) is 2.27. The van der Waals surface area contributed by atoms with Crippen LogP contribution in [-0.4, -0.2) is 22.0 Å². The van der Waals surface area contributed by atoms with Crippen LogP contribution in [-0.2, 0) is 4.79 Å². The summed E-state index contributed by atoms with van der Waals surface area (Å²) in [7, 11) is 0. The maximum absolute atomic E-state index is 12.1. The fraction of sp³-hybridized carbons (Fsp3) is 0. The van der Waals surface area contributed by atoms with Crippen molar-refractivity contribution in [1.82, 2.24) is 10.3 Å². The van der Waals surface area contributed by atoms with E-state index in [2.05, 4.69) is 10.3 Å². The molecule has 1 amide bonds. The molecule has 0 aliphatic carbocycles. The van der Waals surface area contributed by atoms with Crippen molar-refractivity contribution in [1.29, 1.82) is 0 Å². The molecular formula is C19H14N2O3. The van der Waals surface area contributed by atoms with Gasteiger partial charge >= 0.3 is 5.97 Å². The third-order valence-corrected chi connectivity index (χ3v) is 3.44. The monoisotopic (exact) mass is 318 g/mol. The molecule has 0 saturated heterocycles. The molecule has 0 aliphatic heterocycles. The molecule has 0 fully saturated rings. The lowest BCUT2D eigenvalue weighted by Crippen LogP contribution is -2.27. The Morgan fingerprint density at radius 3 is 2.46 bits per heavy atom. The van der Waals surface area contributed by atoms with E-state index in [9.17, 15) is 14.7 Å². The number of hydrogen-bond donors (Lipinski definition) is 2. The maximum Gasteiger partial charge on any atom is 0.352 e. The van der Waals surface area contributed by atoms with Gasteiger partial charge in [0.1, 0.15) is 5.70 Å². The first-order valence-corrected chi connectivity index (χ1v) is 7.30. The van der Waals surface area contributed by atoms with Gasteiger partial charge in [0.05, 0.1) is 5.52 Å². The first-order chi connectivity index (χ1) is 11.6. The normalized spacial score (nSPS) is 11.2. The summed E-state index contributed by atoms with van der Waals surface area (Å²) < 4.78 is 0. The lowest BCUT2D eigenvalue weighted by Gasteiger charge is -2.06. The number of carbonyl (C=O) groups excluding carboxylic acids is 1. The predicted octanol–water partition coefficient (Wildman–Crippen LogP) is 3.09. The third-order valence-electron chi connectivity index (χ3n) is 3.44. The number of carboxylic acid groups (broad SMARTS) is 1. The number of carboxylic acids is 1. The molecule has 5 nitrogen and oxygen atoms in total. The number of nitrogens with one attached hydrogen (secondary N) is 1. The van der Waals surface area contributed by atoms with Gasteiger partial charge in [-0.15, -0.1) is 0 Å². The maximum atomic E-state index is 12.1. The van der Waals surface area contributed by atoms with E-state index in [4.69, 9.17) is 0 Å². The molecule has 1 heterocycles. The van der Waals surface area contributed by atoms with Crippen molar-refractivity contribution in [3.05, 3.63) is 83.7 Å². The SMILES string of the molecule is O=C(O)C(=Cc1cnc2ccccc2c1)NC(=O)c1ccccc1. The van der Waals surface area contributed by atoms with Gasteiger partial charge in [-0.2, -0.15) is 0 Å². The Hall–Kier alpha value is -3.47. The Bertz CT molecular complexity index is 934. The van der Waals surface area contributed by atoms with E-state index in [1.807, 2.05) is 30.3 Å². The van der Waals surface area contributed by atoms with Crippen molar-refractivity contribution in [3.63, 3.8) is 0 Å². The number of amides is 1. The minimum Gasteiger partial charge on any atom is -0.477 e. The summed E-state index contributed by atoms with van der Waals surface area (Å²) in [6.45, 7) is 0. The molecule has 5 heteroatoms. The summed E-state index contributed by atoms with van der Waals surface area (Å²) in [6, 6.07) is 17.8. The van der Waals surface area contributed by atoms with Gasteiger partial charge < -0.3 is 10.4 Å². The number of carbonyl (C=O) groups is 2. The number of benzene rings is 2. The molecule has 24 heavy (non-hydrogen) atoms. The number of hydrogen-bond acceptors (Lipinski definition) is 3. The van der Waals surface area contributed by atoms with Crippen LogP contribution < -0.4 is 5.32 Å². The average Bonchev–Trinajstić information content (AvgIpc) is 2.61. The molecule has 2 N–H and O–H groups in total. The molecular weight excluding hydrogens is 304 g/mol. The summed E-state index contributed by atoms with van der Waals surface area (Å²) >= 11 is 0. The van der Waals surface area contributed by atoms with Crippen molar-refractivity contribution >= 4 is 28.9 Å². The van der Waals surface area contributed by atoms with Gasteiger partial charge in [0, 0.05) is 17.1 Å². The lowest BCUT2D eigenvalue weighted by molar-refractivity contribution is -0.132. The minimum absolute atomic E-state index is 0.207. The van der Waals surface area contributed by atoms with E-state index in [1.165, 1.54) is 6.08 Å². The van der Waals surface area contributed by atoms with E-state index in [0.29, 0.717) is 11.1 Å². The molecule has 3 rings (SSSR count). The molecule has 0 atom stereocenters. The molecule has 0 spiro atoms. The van der Waals surface area contributed by atoms with Crippen LogP contribution in [0.15, 0.2) is 72.6 Å². The first-order valence-electron chi connectivity index (χ1n) is 7.30. The van der Waals surface area contributed by atoms with Crippen LogP contribution >= 0.6 is 0 Å². The Labute approximate surface area is 138 Å². The number of nitrogens with zero attached hydrogens (tertiary/aromatic N) is 1. The predicted molar refractivity (Wildman–Crippen MR) is 91.3 cm³/mol. The van der Waals surface area contributed by atoms with Gasteiger partial charge in [-0.25, -0.2) is 4.79 Å². The highest BCUT2D eigenvalue weighted by Gasteiger charge is 2.13. The van der Waals surface area contributed by atoms with E-state index in [0.717, 1.165) is 10.9 Å². The van der Waals surface area contributed by atoms with E-state index < -0.39 is 11.9 Å². The zero-order valence-electron chi connectivity index (χ0n) is 12.6. The van der Waals surface area contributed by atoms with Crippen LogP contribution in [0.1, 0.15) is 15.9 Å². The van der Waals surface area contributed by atoms with Crippen molar-refractivity contribution in [2.75, 3.05) is 0 Å². The Morgan fingerprint density at radius 2 is 1.71 bits per heavy atom. The number of para-hydroxylation sites is 1. The molecule has 118 valence electrons. The van der Waals surface area contributed by atoms with Gasteiger partial charge in [-0.3, -0.25) is 9.78 Å². The average molecular weight is 318 g/mol. The van der Waals surface area contributed by atoms with Gasteiger partial charge in [0.2, 0.25) is 0 Å². The van der Waals surface area contributed by atoms with Crippen LogP contribution in [0, 0.1) is 0 Å². The van der Waals surface area contributed by atoms with E-state index >= 15 is 0 Å². The number of aromatic nitrogens is 1. The van der Waals surface area contributed by atoms with Gasteiger partial charge in [-0.05, 0) is 35.9 Å². The standard InChI is InChI=1S/C19H14N2O3/c22-18(14-6-2-1-3-7-14)21-17(19(23)24)11-13-10-15-8-4-5-9-16(15)20-12-13/h1-12H,(H,21,22)(H,23,24). The Balaban J connectivity index is 1.90. The molecule has 0 bridgehead atoms. The van der Waals surface area contributed by atoms with Crippen LogP contribution in [0.25, 0.3) is 17.0 Å². The minimum atomic E-state index is -1.22. The van der Waals surface area contributed by atoms with Crippen molar-refractivity contribution < 1.29 is 14.7 Å². The quantitative estimate of drug-likeness (QED) is 0.725. The topological polar surface area (TPSA) is 79.3 Å². The number of fused-ring (bicyclic) bond motifs is 1. The van der Waals surface area contributed by atoms with Gasteiger partial charge in [0.25, 0.3) is 5.91 Å². The van der Waals surface area contributed by atoms with E-state index in [-0.39, 0.29) is 5.70 Å². The summed E-state index contributed by atoms with van der Waals surface area (Å²) in [6.07, 6.45) is 2.96. The van der Waals surface area contributed by atoms with Crippen molar-refractivity contribution in [2.24, 2.45) is 0 Å². The second-order valence-electron chi connectivity index (χ2n) is 5.14. The number of aliphatic carboxylic acids is 1. The highest BCUT2D eigenvalue weighted by Crippen LogP contribution is 2.15. The molecule has 3 aromatic rings. The smallest absolute Gasteiger partial charge is 0.352 e. The molecule has 0 saturated carbocycles. The summed E-state index contributed by atoms with van der Waals surface area (Å²) in [5.41, 5.74) is 1.60. The molecule has 0 aliphatic rings. The highest BCUT2D eigenvalue weighted by molar-refractivity contribution is 6.02. The zero-order valence-corrected chi connectivity index (χ0v) is 12.6. The molecule has 0 unspecified atom stereocenters. The summed E-state index contributed by atoms with van der Waals surface area (Å²) in [5.74, 6) is -1.69. The van der Waals surface area contributed by atoms with Crippen molar-refractivity contribution in [3.8, 4) is 0 Å². The molecule has 1 aromatic heterocycles.